The molecule has 7 nitrogen and oxygen atoms in total. The van der Waals surface area contributed by atoms with E-state index in [1.165, 1.54) is 0 Å². The Kier molecular flexibility index (Phi) is 6.73. The fraction of sp³-hybridized carbons (Fsp3) is 0.333. The zero-order valence-electron chi connectivity index (χ0n) is 16.2. The van der Waals surface area contributed by atoms with Crippen molar-refractivity contribution in [2.45, 2.75) is 19.6 Å². The Morgan fingerprint density at radius 1 is 1.11 bits per heavy atom. The lowest BCUT2D eigenvalue weighted by Gasteiger charge is -2.27. The summed E-state index contributed by atoms with van der Waals surface area (Å²) in [5.74, 6) is 2.12. The molecular weight excluding hydrogens is 356 g/mol. The van der Waals surface area contributed by atoms with E-state index in [1.807, 2.05) is 49.4 Å². The number of nitrogens with zero attached hydrogens (tertiary/aromatic N) is 1. The minimum Gasteiger partial charge on any atom is -0.486 e. The molecule has 0 radical (unpaired) electrons. The highest BCUT2D eigenvalue weighted by atomic mass is 16.6. The highest BCUT2D eigenvalue weighted by Gasteiger charge is 2.20. The molecule has 1 amide bonds. The molecule has 2 aromatic carbocycles. The van der Waals surface area contributed by atoms with Gasteiger partial charge in [-0.2, -0.15) is 0 Å². The van der Waals surface area contributed by atoms with Crippen LogP contribution in [0.3, 0.4) is 0 Å². The molecule has 0 saturated heterocycles. The monoisotopic (exact) mass is 382 g/mol. The lowest BCUT2D eigenvalue weighted by molar-refractivity contribution is 0.0936. The number of hydrogen-bond donors (Lipinski definition) is 3. The van der Waals surface area contributed by atoms with Crippen LogP contribution in [-0.2, 0) is 6.54 Å². The molecule has 1 unspecified atom stereocenters. The Morgan fingerprint density at radius 3 is 2.71 bits per heavy atom. The number of guanidine groups is 1. The molecule has 28 heavy (non-hydrogen) atoms. The van der Waals surface area contributed by atoms with Crippen LogP contribution < -0.4 is 25.4 Å². The summed E-state index contributed by atoms with van der Waals surface area (Å²) < 4.78 is 11.7. The Hall–Kier alpha value is -3.22. The lowest BCUT2D eigenvalue weighted by atomic mass is 10.1. The molecule has 0 aliphatic carbocycles. The Labute approximate surface area is 165 Å². The Balaban J connectivity index is 1.49. The van der Waals surface area contributed by atoms with Crippen molar-refractivity contribution in [3.8, 4) is 11.5 Å². The minimum atomic E-state index is -0.102. The van der Waals surface area contributed by atoms with Crippen LogP contribution >= 0.6 is 0 Å². The van der Waals surface area contributed by atoms with Gasteiger partial charge in [0.1, 0.15) is 12.7 Å². The maximum absolute atomic E-state index is 12.0. The van der Waals surface area contributed by atoms with Crippen molar-refractivity contribution >= 4 is 11.9 Å². The number of ether oxygens (including phenoxy) is 2. The van der Waals surface area contributed by atoms with E-state index in [9.17, 15) is 4.79 Å². The molecule has 0 aromatic heterocycles. The predicted octanol–water partition coefficient (Wildman–Crippen LogP) is 1.94. The van der Waals surface area contributed by atoms with Crippen molar-refractivity contribution < 1.29 is 14.3 Å². The van der Waals surface area contributed by atoms with E-state index in [4.69, 9.17) is 9.47 Å². The van der Waals surface area contributed by atoms with Crippen LogP contribution in [0.15, 0.2) is 53.5 Å². The van der Waals surface area contributed by atoms with Crippen molar-refractivity contribution in [3.05, 3.63) is 59.7 Å². The second kappa shape index (κ2) is 9.64. The normalized spacial score (nSPS) is 15.6. The summed E-state index contributed by atoms with van der Waals surface area (Å²) in [6.07, 6.45) is -0.102. The number of carbonyl (C=O) groups excluding carboxylic acids is 1. The van der Waals surface area contributed by atoms with Gasteiger partial charge >= 0.3 is 0 Å². The van der Waals surface area contributed by atoms with Gasteiger partial charge in [-0.3, -0.25) is 9.79 Å². The van der Waals surface area contributed by atoms with Crippen molar-refractivity contribution in [2.24, 2.45) is 4.99 Å². The molecule has 3 N–H and O–H groups in total. The fourth-order valence-electron chi connectivity index (χ4n) is 2.87. The standard InChI is InChI=1S/C21H26N4O3/c1-3-23-20(26)16-8-6-7-15(11-16)12-24-21(22-2)25-13-17-14-27-18-9-4-5-10-19(18)28-17/h4-11,17H,3,12-14H2,1-2H3,(H,23,26)(H2,22,24,25). The van der Waals surface area contributed by atoms with Crippen LogP contribution in [0, 0.1) is 0 Å². The molecule has 0 bridgehead atoms. The molecule has 0 fully saturated rings. The van der Waals surface area contributed by atoms with Crippen LogP contribution in [0.1, 0.15) is 22.8 Å². The van der Waals surface area contributed by atoms with Crippen LogP contribution in [0.5, 0.6) is 11.5 Å². The first kappa shape index (κ1) is 19.5. The number of para-hydroxylation sites is 2. The van der Waals surface area contributed by atoms with Gasteiger partial charge in [0, 0.05) is 25.7 Å². The van der Waals surface area contributed by atoms with Gasteiger partial charge in [-0.15, -0.1) is 0 Å². The summed E-state index contributed by atoms with van der Waals surface area (Å²) >= 11 is 0. The molecule has 2 aromatic rings. The first-order valence-corrected chi connectivity index (χ1v) is 9.39. The van der Waals surface area contributed by atoms with Crippen molar-refractivity contribution in [1.82, 2.24) is 16.0 Å². The minimum absolute atomic E-state index is 0.0680. The molecule has 148 valence electrons. The topological polar surface area (TPSA) is 84.0 Å². The number of carbonyl (C=O) groups is 1. The number of fused-ring (bicyclic) bond motifs is 1. The first-order valence-electron chi connectivity index (χ1n) is 9.39. The van der Waals surface area contributed by atoms with Crippen LogP contribution in [0.4, 0.5) is 0 Å². The summed E-state index contributed by atoms with van der Waals surface area (Å²) in [4.78, 5) is 16.2. The average molecular weight is 382 g/mol. The summed E-state index contributed by atoms with van der Waals surface area (Å²) in [6.45, 7) is 4.11. The second-order valence-corrected chi connectivity index (χ2v) is 6.36. The molecule has 1 heterocycles. The van der Waals surface area contributed by atoms with E-state index in [1.54, 1.807) is 13.1 Å². The maximum atomic E-state index is 12.0. The highest BCUT2D eigenvalue weighted by Crippen LogP contribution is 2.30. The van der Waals surface area contributed by atoms with Gasteiger partial charge in [0.05, 0.1) is 6.54 Å². The second-order valence-electron chi connectivity index (χ2n) is 6.36. The molecule has 1 aliphatic heterocycles. The fourth-order valence-corrected chi connectivity index (χ4v) is 2.87. The van der Waals surface area contributed by atoms with Gasteiger partial charge in [-0.25, -0.2) is 0 Å². The third-order valence-corrected chi connectivity index (χ3v) is 4.27. The van der Waals surface area contributed by atoms with Crippen LogP contribution in [0.2, 0.25) is 0 Å². The quantitative estimate of drug-likeness (QED) is 0.525. The van der Waals surface area contributed by atoms with Crippen molar-refractivity contribution in [2.75, 3.05) is 26.7 Å². The van der Waals surface area contributed by atoms with Gasteiger partial charge in [0.15, 0.2) is 17.5 Å². The van der Waals surface area contributed by atoms with E-state index in [2.05, 4.69) is 20.9 Å². The maximum Gasteiger partial charge on any atom is 0.251 e. The number of amides is 1. The summed E-state index contributed by atoms with van der Waals surface area (Å²) in [6, 6.07) is 15.2. The number of nitrogens with one attached hydrogen (secondary N) is 3. The largest absolute Gasteiger partial charge is 0.486 e. The Bertz CT molecular complexity index is 838. The smallest absolute Gasteiger partial charge is 0.251 e. The van der Waals surface area contributed by atoms with Crippen molar-refractivity contribution in [3.63, 3.8) is 0 Å². The summed E-state index contributed by atoms with van der Waals surface area (Å²) in [7, 11) is 1.72. The lowest BCUT2D eigenvalue weighted by Crippen LogP contribution is -2.45. The van der Waals surface area contributed by atoms with E-state index >= 15 is 0 Å². The van der Waals surface area contributed by atoms with E-state index in [0.29, 0.717) is 37.8 Å². The molecule has 3 rings (SSSR count). The van der Waals surface area contributed by atoms with E-state index in [-0.39, 0.29) is 12.0 Å². The predicted molar refractivity (Wildman–Crippen MR) is 109 cm³/mol. The van der Waals surface area contributed by atoms with Crippen LogP contribution in [0.25, 0.3) is 0 Å². The zero-order chi connectivity index (χ0) is 19.8. The molecule has 1 atom stereocenters. The highest BCUT2D eigenvalue weighted by molar-refractivity contribution is 5.94. The Morgan fingerprint density at radius 2 is 1.93 bits per heavy atom. The average Bonchev–Trinajstić information content (AvgIpc) is 2.74. The zero-order valence-corrected chi connectivity index (χ0v) is 16.2. The van der Waals surface area contributed by atoms with Crippen LogP contribution in [-0.4, -0.2) is 44.7 Å². The summed E-state index contributed by atoms with van der Waals surface area (Å²) in [5, 5.41) is 9.31. The third-order valence-electron chi connectivity index (χ3n) is 4.27. The van der Waals surface area contributed by atoms with Gasteiger partial charge in [0.25, 0.3) is 5.91 Å². The molecular formula is C21H26N4O3. The van der Waals surface area contributed by atoms with Crippen molar-refractivity contribution in [1.29, 1.82) is 0 Å². The van der Waals surface area contributed by atoms with Gasteiger partial charge in [-0.1, -0.05) is 24.3 Å². The van der Waals surface area contributed by atoms with Gasteiger partial charge in [0.2, 0.25) is 0 Å². The first-order chi connectivity index (χ1) is 13.7. The third kappa shape index (κ3) is 5.16. The number of benzene rings is 2. The number of hydrogen-bond acceptors (Lipinski definition) is 4. The van der Waals surface area contributed by atoms with Gasteiger partial charge in [-0.05, 0) is 36.8 Å². The van der Waals surface area contributed by atoms with E-state index in [0.717, 1.165) is 17.1 Å². The molecule has 7 heteroatoms. The SMILES string of the molecule is CCNC(=O)c1cccc(CNC(=NC)NCC2COc3ccccc3O2)c1. The number of rotatable bonds is 6. The molecule has 0 spiro atoms. The molecule has 1 aliphatic rings. The molecule has 0 saturated carbocycles. The van der Waals surface area contributed by atoms with E-state index < -0.39 is 0 Å². The summed E-state index contributed by atoms with van der Waals surface area (Å²) in [5.41, 5.74) is 1.65. The number of aliphatic imine (C=N–C) groups is 1. The van der Waals surface area contributed by atoms with Gasteiger partial charge < -0.3 is 25.4 Å².